The summed E-state index contributed by atoms with van der Waals surface area (Å²) in [6, 6.07) is 0. The zero-order valence-corrected chi connectivity index (χ0v) is 16.8. The van der Waals surface area contributed by atoms with Crippen LogP contribution in [-0.2, 0) is 21.2 Å². The van der Waals surface area contributed by atoms with Crippen molar-refractivity contribution in [2.75, 3.05) is 0 Å². The molecule has 3 N–H and O–H groups in total. The summed E-state index contributed by atoms with van der Waals surface area (Å²) in [6.45, 7) is -4.54. The van der Waals surface area contributed by atoms with Crippen molar-refractivity contribution in [1.29, 1.82) is 0 Å². The van der Waals surface area contributed by atoms with E-state index in [9.17, 15) is 19.1 Å². The maximum atomic E-state index is 10.9. The first-order chi connectivity index (χ1) is 7.05. The Bertz CT molecular complexity index is 319. The van der Waals surface area contributed by atoms with Crippen LogP contribution in [-0.4, -0.2) is 26.3 Å². The molecule has 0 aliphatic rings. The Hall–Kier alpha value is 2.19. The summed E-state index contributed by atoms with van der Waals surface area (Å²) in [5.74, 6) is -1.04. The Kier molecular flexibility index (Phi) is 15.2. The van der Waals surface area contributed by atoms with Gasteiger partial charge in [-0.1, -0.05) is 6.42 Å². The van der Waals surface area contributed by atoms with Crippen LogP contribution >= 0.6 is 14.1 Å². The van der Waals surface area contributed by atoms with E-state index in [1.165, 1.54) is 0 Å². The van der Waals surface area contributed by atoms with Crippen LogP contribution < -0.4 is 68.9 Å². The predicted octanol–water partition coefficient (Wildman–Crippen LogP) is -6.83. The maximum absolute atomic E-state index is 10.9. The van der Waals surface area contributed by atoms with Crippen molar-refractivity contribution in [3.8, 4) is 0 Å². The van der Waals surface area contributed by atoms with Crippen LogP contribution in [0, 0.1) is 0 Å². The third-order valence-electron chi connectivity index (χ3n) is 1.86. The summed E-state index contributed by atoms with van der Waals surface area (Å²) in [6.07, 6.45) is -0.248. The van der Waals surface area contributed by atoms with Crippen molar-refractivity contribution in [3.05, 3.63) is 0 Å². The van der Waals surface area contributed by atoms with Gasteiger partial charge in [0.25, 0.3) is 0 Å². The second kappa shape index (κ2) is 10.9. The van der Waals surface area contributed by atoms with Crippen molar-refractivity contribution < 1.29 is 93.2 Å². The predicted molar refractivity (Wildman–Crippen MR) is 56.2 cm³/mol. The number of unbranched alkanes of at least 4 members (excludes halogenated alkanes) is 1. The van der Waals surface area contributed by atoms with Gasteiger partial charge in [0, 0.05) is 6.42 Å². The summed E-state index contributed by atoms with van der Waals surface area (Å²) in [4.78, 5) is 49.6. The van der Waals surface area contributed by atoms with E-state index in [1.54, 1.807) is 0 Å². The minimum Gasteiger partial charge on any atom is -0.832 e. The molecule has 0 saturated carbocycles. The Morgan fingerprint density at radius 3 is 1.94 bits per heavy atom. The van der Waals surface area contributed by atoms with Gasteiger partial charge >= 0.3 is 72.7 Å². The average Bonchev–Trinajstić information content (AvgIpc) is 1.97. The number of aliphatic carboxylic acids is 1. The molecule has 0 radical (unpaired) electrons. The molecule has 1 atom stereocenters. The molecule has 0 aromatic heterocycles. The molecule has 7 nitrogen and oxygen atoms in total. The molecular weight excluding hydrogens is 324 g/mol. The molecule has 0 heterocycles. The molecular formula is C6H12Na2O7P2S. The van der Waals surface area contributed by atoms with E-state index < -0.39 is 25.5 Å². The van der Waals surface area contributed by atoms with Crippen molar-refractivity contribution >= 4 is 31.9 Å². The summed E-state index contributed by atoms with van der Waals surface area (Å²) < 4.78 is 10.8. The number of hydrogen-bond donors (Lipinski definition) is 3. The summed E-state index contributed by atoms with van der Waals surface area (Å²) in [5, 5.41) is 6.42. The topological polar surface area (TPSA) is 141 Å². The van der Waals surface area contributed by atoms with Gasteiger partial charge in [0.2, 0.25) is 0 Å². The minimum absolute atomic E-state index is 0. The standard InChI is InChI=1S/C6H14O7P2S.2Na/c7-5(8)3-1-2-4-6(14(9,10)11)15(12,13)16;;/h6H,1-4H2,(H,7,8)(H2,9,10,11)(H2,12,13,16);;/q;2*+1/p-2. The van der Waals surface area contributed by atoms with Gasteiger partial charge in [-0.05, 0) is 12.8 Å². The molecule has 12 heteroatoms. The molecule has 0 aliphatic carbocycles. The number of carboxylic acid groups (broad SMARTS) is 1. The quantitative estimate of drug-likeness (QED) is 0.237. The Balaban J connectivity index is -0.00000112. The molecule has 0 spiro atoms. The number of carboxylic acids is 1. The van der Waals surface area contributed by atoms with Crippen LogP contribution in [0.25, 0.3) is 0 Å². The molecule has 96 valence electrons. The Labute approximate surface area is 154 Å². The number of carbonyl (C=O) groups is 1. The van der Waals surface area contributed by atoms with E-state index >= 15 is 0 Å². The van der Waals surface area contributed by atoms with Crippen molar-refractivity contribution in [2.45, 2.75) is 31.1 Å². The first-order valence-electron chi connectivity index (χ1n) is 4.34. The first-order valence-corrected chi connectivity index (χ1v) is 8.73. The van der Waals surface area contributed by atoms with E-state index in [0.29, 0.717) is 0 Å². The van der Waals surface area contributed by atoms with Crippen LogP contribution in [0.15, 0.2) is 0 Å². The molecule has 0 aliphatic heterocycles. The van der Waals surface area contributed by atoms with Gasteiger partial charge in [0.05, 0.1) is 5.40 Å². The molecule has 0 saturated heterocycles. The molecule has 0 aromatic rings. The van der Waals surface area contributed by atoms with Crippen LogP contribution in [0.1, 0.15) is 25.7 Å². The van der Waals surface area contributed by atoms with E-state index in [2.05, 4.69) is 11.8 Å². The number of hydrogen-bond acceptors (Lipinski definition) is 5. The zero-order valence-electron chi connectivity index (χ0n) is 10.2. The smallest absolute Gasteiger partial charge is 0.832 e. The van der Waals surface area contributed by atoms with Gasteiger partial charge in [0.1, 0.15) is 0 Å². The monoisotopic (exact) mass is 336 g/mol. The third-order valence-corrected chi connectivity index (χ3v) is 6.93. The number of rotatable bonds is 7. The summed E-state index contributed by atoms with van der Waals surface area (Å²) in [5.41, 5.74) is 0. The molecule has 0 rings (SSSR count). The average molecular weight is 336 g/mol. The van der Waals surface area contributed by atoms with Gasteiger partial charge < -0.3 is 24.7 Å². The van der Waals surface area contributed by atoms with E-state index in [-0.39, 0.29) is 84.8 Å². The van der Waals surface area contributed by atoms with Crippen molar-refractivity contribution in [1.82, 2.24) is 0 Å². The van der Waals surface area contributed by atoms with Gasteiger partial charge in [-0.2, -0.15) is 0 Å². The largest absolute Gasteiger partial charge is 1.00 e. The molecule has 0 amide bonds. The zero-order chi connectivity index (χ0) is 13.0. The van der Waals surface area contributed by atoms with E-state index in [4.69, 9.17) is 14.9 Å². The van der Waals surface area contributed by atoms with Crippen LogP contribution in [0.4, 0.5) is 0 Å². The minimum atomic E-state index is -4.79. The second-order valence-corrected chi connectivity index (χ2v) is 8.69. The first kappa shape index (κ1) is 25.2. The second-order valence-electron chi connectivity index (χ2n) is 3.25. The summed E-state index contributed by atoms with van der Waals surface area (Å²) in [7, 11) is -4.79. The van der Waals surface area contributed by atoms with Crippen LogP contribution in [0.5, 0.6) is 0 Å². The van der Waals surface area contributed by atoms with Gasteiger partial charge in [-0.15, -0.1) is 11.8 Å². The molecule has 0 fully saturated rings. The van der Waals surface area contributed by atoms with Gasteiger partial charge in [-0.25, -0.2) is 6.49 Å². The summed E-state index contributed by atoms with van der Waals surface area (Å²) >= 11 is 4.05. The maximum Gasteiger partial charge on any atom is 1.00 e. The Morgan fingerprint density at radius 2 is 1.67 bits per heavy atom. The molecule has 1 unspecified atom stereocenters. The van der Waals surface area contributed by atoms with Crippen LogP contribution in [0.3, 0.4) is 0 Å². The van der Waals surface area contributed by atoms with Crippen LogP contribution in [0.2, 0.25) is 0 Å². The van der Waals surface area contributed by atoms with Crippen molar-refractivity contribution in [2.24, 2.45) is 0 Å². The fraction of sp³-hybridized carbons (Fsp3) is 0.833. The fourth-order valence-corrected chi connectivity index (χ4v) is 5.03. The van der Waals surface area contributed by atoms with Crippen molar-refractivity contribution in [3.63, 3.8) is 0 Å². The normalized spacial score (nSPS) is 13.1. The van der Waals surface area contributed by atoms with E-state index in [1.807, 2.05) is 0 Å². The fourth-order valence-electron chi connectivity index (χ4n) is 1.11. The molecule has 0 bridgehead atoms. The SMILES string of the molecule is O=C(O)CCCCC(P(=O)(O)O)P([O-])([O-])=S.[Na+].[Na+]. The Morgan fingerprint density at radius 1 is 1.22 bits per heavy atom. The van der Waals surface area contributed by atoms with E-state index in [0.717, 1.165) is 0 Å². The molecule has 18 heavy (non-hydrogen) atoms. The molecule has 0 aromatic carbocycles. The third kappa shape index (κ3) is 12.0. The van der Waals surface area contributed by atoms with Gasteiger partial charge in [0.15, 0.2) is 0 Å². The van der Waals surface area contributed by atoms with Gasteiger partial charge in [-0.3, -0.25) is 9.36 Å².